The third kappa shape index (κ3) is 3.95. The molecule has 0 saturated carbocycles. The Hall–Kier alpha value is -2.27. The van der Waals surface area contributed by atoms with Gasteiger partial charge >= 0.3 is 0 Å². The lowest BCUT2D eigenvalue weighted by Gasteiger charge is -2.37. The van der Waals surface area contributed by atoms with Crippen molar-refractivity contribution in [3.05, 3.63) is 65.0 Å². The smallest absolute Gasteiger partial charge is 0.166 e. The average molecular weight is 385 g/mol. The van der Waals surface area contributed by atoms with Gasteiger partial charge in [0.2, 0.25) is 0 Å². The van der Waals surface area contributed by atoms with Crippen LogP contribution in [0.4, 0.5) is 8.78 Å². The molecular weight excluding hydrogens is 360 g/mol. The Balaban J connectivity index is 1.35. The van der Waals surface area contributed by atoms with E-state index in [0.29, 0.717) is 50.2 Å². The molecule has 1 heterocycles. The normalized spacial score (nSPS) is 21.5. The van der Waals surface area contributed by atoms with Crippen LogP contribution in [-0.4, -0.2) is 36.6 Å². The fraction of sp³-hybridized carbons (Fsp3) is 0.435. The summed E-state index contributed by atoms with van der Waals surface area (Å²) in [7, 11) is 1.58. The first-order chi connectivity index (χ1) is 13.5. The molecule has 1 aliphatic carbocycles. The third-order valence-electron chi connectivity index (χ3n) is 6.10. The lowest BCUT2D eigenvalue weighted by Crippen LogP contribution is -2.42. The number of rotatable bonds is 5. The number of benzene rings is 2. The first-order valence-electron chi connectivity index (χ1n) is 9.83. The summed E-state index contributed by atoms with van der Waals surface area (Å²) in [4.78, 5) is 14.9. The maximum absolute atomic E-state index is 15.5. The van der Waals surface area contributed by atoms with Crippen molar-refractivity contribution in [3.8, 4) is 5.75 Å². The monoisotopic (exact) mass is 385 g/mol. The van der Waals surface area contributed by atoms with Crippen molar-refractivity contribution in [2.45, 2.75) is 37.9 Å². The Labute approximate surface area is 164 Å². The minimum absolute atomic E-state index is 0.0414. The Kier molecular flexibility index (Phi) is 5.19. The average Bonchev–Trinajstić information content (AvgIpc) is 3.00. The van der Waals surface area contributed by atoms with Gasteiger partial charge in [0.15, 0.2) is 5.78 Å². The van der Waals surface area contributed by atoms with E-state index in [9.17, 15) is 9.18 Å². The van der Waals surface area contributed by atoms with Gasteiger partial charge in [-0.25, -0.2) is 8.78 Å². The number of Topliss-reactive ketones (excluding diaryl/α,β-unsaturated/α-hetero) is 1. The molecule has 1 fully saturated rings. The molecule has 1 unspecified atom stereocenters. The maximum Gasteiger partial charge on any atom is 0.166 e. The molecule has 3 nitrogen and oxygen atoms in total. The van der Waals surface area contributed by atoms with Crippen molar-refractivity contribution in [2.75, 3.05) is 20.2 Å². The number of ketones is 1. The van der Waals surface area contributed by atoms with Crippen molar-refractivity contribution in [1.82, 2.24) is 4.90 Å². The van der Waals surface area contributed by atoms with Crippen LogP contribution < -0.4 is 4.74 Å². The van der Waals surface area contributed by atoms with Gasteiger partial charge < -0.3 is 4.74 Å². The number of carbonyl (C=O) groups is 1. The minimum atomic E-state index is -1.30. The third-order valence-corrected chi connectivity index (χ3v) is 6.10. The lowest BCUT2D eigenvalue weighted by molar-refractivity contribution is 0.0336. The van der Waals surface area contributed by atoms with Gasteiger partial charge in [-0.2, -0.15) is 0 Å². The molecule has 2 aromatic carbocycles. The van der Waals surface area contributed by atoms with E-state index in [1.54, 1.807) is 25.3 Å². The van der Waals surface area contributed by atoms with E-state index < -0.39 is 5.67 Å². The Morgan fingerprint density at radius 2 is 1.86 bits per heavy atom. The predicted molar refractivity (Wildman–Crippen MR) is 104 cm³/mol. The van der Waals surface area contributed by atoms with Gasteiger partial charge in [0.05, 0.1) is 7.11 Å². The predicted octanol–water partition coefficient (Wildman–Crippen LogP) is 4.58. The number of hydrogen-bond donors (Lipinski definition) is 0. The van der Waals surface area contributed by atoms with Crippen LogP contribution >= 0.6 is 0 Å². The first kappa shape index (κ1) is 19.1. The Morgan fingerprint density at radius 1 is 1.14 bits per heavy atom. The van der Waals surface area contributed by atoms with Crippen molar-refractivity contribution >= 4 is 5.78 Å². The quantitative estimate of drug-likeness (QED) is 0.754. The summed E-state index contributed by atoms with van der Waals surface area (Å²) in [6, 6.07) is 12.0. The first-order valence-corrected chi connectivity index (χ1v) is 9.83. The number of fused-ring (bicyclic) bond motifs is 1. The molecule has 0 spiro atoms. The second-order valence-corrected chi connectivity index (χ2v) is 8.05. The molecule has 4 rings (SSSR count). The molecule has 2 aromatic rings. The van der Waals surface area contributed by atoms with Crippen LogP contribution in [0.5, 0.6) is 5.75 Å². The van der Waals surface area contributed by atoms with E-state index in [-0.39, 0.29) is 23.9 Å². The molecule has 0 aromatic heterocycles. The zero-order valence-electron chi connectivity index (χ0n) is 16.1. The van der Waals surface area contributed by atoms with E-state index in [2.05, 4.69) is 4.90 Å². The highest BCUT2D eigenvalue weighted by Crippen LogP contribution is 2.39. The molecule has 2 aliphatic rings. The standard InChI is InChI=1S/C23H25F2NO2/c1-28-20-7-4-17-12-18(22(27)21(17)13-20)14-23(25)8-10-26(11-9-23)15-16-2-5-19(24)6-3-16/h2-7,13,18H,8-12,14-15H2,1H3. The number of likely N-dealkylation sites (tertiary alicyclic amines) is 1. The van der Waals surface area contributed by atoms with E-state index >= 15 is 4.39 Å². The fourth-order valence-corrected chi connectivity index (χ4v) is 4.44. The number of halogens is 2. The molecule has 148 valence electrons. The summed E-state index contributed by atoms with van der Waals surface area (Å²) < 4.78 is 33.7. The van der Waals surface area contributed by atoms with Crippen LogP contribution in [0.15, 0.2) is 42.5 Å². The summed E-state index contributed by atoms with van der Waals surface area (Å²) >= 11 is 0. The van der Waals surface area contributed by atoms with Gasteiger partial charge in [0, 0.05) is 31.1 Å². The van der Waals surface area contributed by atoms with Gasteiger partial charge in [-0.05, 0) is 61.1 Å². The number of nitrogens with zero attached hydrogens (tertiary/aromatic N) is 1. The van der Waals surface area contributed by atoms with Crippen LogP contribution in [0, 0.1) is 11.7 Å². The fourth-order valence-electron chi connectivity index (χ4n) is 4.44. The summed E-state index contributed by atoms with van der Waals surface area (Å²) in [5.41, 5.74) is 1.41. The molecule has 1 saturated heterocycles. The molecule has 1 atom stereocenters. The second-order valence-electron chi connectivity index (χ2n) is 8.05. The topological polar surface area (TPSA) is 29.5 Å². The van der Waals surface area contributed by atoms with Crippen molar-refractivity contribution < 1.29 is 18.3 Å². The number of piperidine rings is 1. The van der Waals surface area contributed by atoms with Gasteiger partial charge in [0.1, 0.15) is 17.2 Å². The molecule has 0 amide bonds. The largest absolute Gasteiger partial charge is 0.497 e. The van der Waals surface area contributed by atoms with Crippen molar-refractivity contribution in [2.24, 2.45) is 5.92 Å². The number of methoxy groups -OCH3 is 1. The van der Waals surface area contributed by atoms with E-state index in [1.165, 1.54) is 12.1 Å². The number of alkyl halides is 1. The Morgan fingerprint density at radius 3 is 2.54 bits per heavy atom. The zero-order chi connectivity index (χ0) is 19.7. The van der Waals surface area contributed by atoms with Gasteiger partial charge in [-0.1, -0.05) is 18.2 Å². The van der Waals surface area contributed by atoms with Gasteiger partial charge in [-0.15, -0.1) is 0 Å². The zero-order valence-corrected chi connectivity index (χ0v) is 16.1. The van der Waals surface area contributed by atoms with Crippen LogP contribution in [-0.2, 0) is 13.0 Å². The van der Waals surface area contributed by atoms with E-state index in [1.807, 2.05) is 12.1 Å². The molecule has 5 heteroatoms. The second kappa shape index (κ2) is 7.63. The lowest BCUT2D eigenvalue weighted by atomic mass is 9.82. The summed E-state index contributed by atoms with van der Waals surface area (Å²) in [6.45, 7) is 2.00. The highest BCUT2D eigenvalue weighted by Gasteiger charge is 2.41. The van der Waals surface area contributed by atoms with Crippen LogP contribution in [0.1, 0.15) is 40.7 Å². The SMILES string of the molecule is COc1ccc2c(c1)C(=O)C(CC1(F)CCN(Cc3ccc(F)cc3)CC1)C2. The highest BCUT2D eigenvalue weighted by molar-refractivity contribution is 6.02. The molecule has 0 radical (unpaired) electrons. The number of hydrogen-bond acceptors (Lipinski definition) is 3. The van der Waals surface area contributed by atoms with Crippen molar-refractivity contribution in [3.63, 3.8) is 0 Å². The molecule has 1 aliphatic heterocycles. The van der Waals surface area contributed by atoms with E-state index in [4.69, 9.17) is 4.74 Å². The summed E-state index contributed by atoms with van der Waals surface area (Å²) in [5.74, 6) is 0.178. The minimum Gasteiger partial charge on any atom is -0.497 e. The van der Waals surface area contributed by atoms with Crippen LogP contribution in [0.3, 0.4) is 0 Å². The van der Waals surface area contributed by atoms with Gasteiger partial charge in [-0.3, -0.25) is 9.69 Å². The number of carbonyl (C=O) groups excluding carboxylic acids is 1. The highest BCUT2D eigenvalue weighted by atomic mass is 19.1. The summed E-state index contributed by atoms with van der Waals surface area (Å²) in [5, 5.41) is 0. The van der Waals surface area contributed by atoms with Crippen molar-refractivity contribution in [1.29, 1.82) is 0 Å². The Bertz CT molecular complexity index is 857. The van der Waals surface area contributed by atoms with Gasteiger partial charge in [0.25, 0.3) is 0 Å². The molecule has 28 heavy (non-hydrogen) atoms. The maximum atomic E-state index is 15.5. The van der Waals surface area contributed by atoms with E-state index in [0.717, 1.165) is 11.1 Å². The summed E-state index contributed by atoms with van der Waals surface area (Å²) in [6.07, 6.45) is 1.76. The number of ether oxygens (including phenoxy) is 1. The molecule has 0 bridgehead atoms. The van der Waals surface area contributed by atoms with Crippen LogP contribution in [0.25, 0.3) is 0 Å². The molecular formula is C23H25F2NO2. The molecule has 0 N–H and O–H groups in total. The van der Waals surface area contributed by atoms with Crippen LogP contribution in [0.2, 0.25) is 0 Å².